The molecule has 11 atom stereocenters. The number of aliphatic hydroxyl groups is 8. The smallest absolute Gasteiger partial charge is 0.270 e. The predicted molar refractivity (Wildman–Crippen MR) is 145 cm³/mol. The Morgan fingerprint density at radius 3 is 2.09 bits per heavy atom. The van der Waals surface area contributed by atoms with Gasteiger partial charge in [0.25, 0.3) is 11.9 Å². The van der Waals surface area contributed by atoms with Gasteiger partial charge in [0.1, 0.15) is 59.8 Å². The molecule has 0 spiro atoms. The molecule has 11 unspecified atom stereocenters. The van der Waals surface area contributed by atoms with Gasteiger partial charge in [0, 0.05) is 12.1 Å². The summed E-state index contributed by atoms with van der Waals surface area (Å²) < 4.78 is 32.6. The molecule has 2 aromatic rings. The van der Waals surface area contributed by atoms with Crippen LogP contribution in [0.3, 0.4) is 0 Å². The van der Waals surface area contributed by atoms with E-state index in [0.717, 1.165) is 6.07 Å². The molecule has 11 N–H and O–H groups in total. The third-order valence-electron chi connectivity index (χ3n) is 7.69. The Morgan fingerprint density at radius 2 is 1.43 bits per heavy atom. The predicted octanol–water partition coefficient (Wildman–Crippen LogP) is -1.83. The molecule has 3 aliphatic heterocycles. The summed E-state index contributed by atoms with van der Waals surface area (Å²) in [5.41, 5.74) is 0.354. The van der Waals surface area contributed by atoms with Crippen molar-refractivity contribution in [2.45, 2.75) is 74.4 Å². The van der Waals surface area contributed by atoms with Gasteiger partial charge in [0.2, 0.25) is 18.3 Å². The van der Waals surface area contributed by atoms with Gasteiger partial charge in [-0.2, -0.15) is 0 Å². The molecular formula is C28H35O16+. The maximum Gasteiger partial charge on any atom is 0.270 e. The van der Waals surface area contributed by atoms with E-state index in [9.17, 15) is 51.1 Å². The van der Waals surface area contributed by atoms with Gasteiger partial charge in [-0.3, -0.25) is 0 Å². The summed E-state index contributed by atoms with van der Waals surface area (Å²) in [6.45, 7) is 0.754. The first-order chi connectivity index (χ1) is 20.8. The summed E-state index contributed by atoms with van der Waals surface area (Å²) in [5, 5.41) is 102. The Hall–Kier alpha value is -3.58. The zero-order chi connectivity index (χ0) is 32.0. The number of methoxy groups -OCH3 is 1. The first-order valence-electron chi connectivity index (χ1n) is 13.6. The number of benzene rings is 2. The van der Waals surface area contributed by atoms with Crippen molar-refractivity contribution in [3.63, 3.8) is 0 Å². The fourth-order valence-electron chi connectivity index (χ4n) is 5.17. The molecule has 3 heterocycles. The summed E-state index contributed by atoms with van der Waals surface area (Å²) in [7, 11) is 1.26. The van der Waals surface area contributed by atoms with Crippen LogP contribution in [-0.4, -0.2) is 131 Å². The van der Waals surface area contributed by atoms with Crippen LogP contribution in [0.4, 0.5) is 0 Å². The number of phenolic OH excluding ortho intramolecular Hbond substituents is 3. The Labute approximate surface area is 249 Å². The van der Waals surface area contributed by atoms with Crippen LogP contribution in [0.15, 0.2) is 30.0 Å². The van der Waals surface area contributed by atoms with Crippen LogP contribution in [0.2, 0.25) is 0 Å². The highest BCUT2D eigenvalue weighted by Gasteiger charge is 2.47. The molecule has 242 valence electrons. The Bertz CT molecular complexity index is 1380. The Kier molecular flexibility index (Phi) is 8.99. The van der Waals surface area contributed by atoms with E-state index in [4.69, 9.17) is 23.7 Å². The summed E-state index contributed by atoms with van der Waals surface area (Å²) in [4.78, 5) is 0. The normalized spacial score (nSPS) is 35.2. The SMILES string of the molecule is COc1cc(C2[OH+]c3cc(O)cc(OC4OC(CO)C(O)C(O)C4O)c3C=C2OC2OC(C)C(O)C(O)C2O)cc(O)c1O. The van der Waals surface area contributed by atoms with E-state index in [0.29, 0.717) is 0 Å². The van der Waals surface area contributed by atoms with Crippen LogP contribution in [0.25, 0.3) is 6.08 Å². The van der Waals surface area contributed by atoms with Crippen molar-refractivity contribution in [3.8, 4) is 34.5 Å². The van der Waals surface area contributed by atoms with E-state index in [1.165, 1.54) is 38.3 Å². The summed E-state index contributed by atoms with van der Waals surface area (Å²) in [6.07, 6.45) is -15.0. The lowest BCUT2D eigenvalue weighted by atomic mass is 9.98. The van der Waals surface area contributed by atoms with E-state index >= 15 is 0 Å². The number of fused-ring (bicyclic) bond motifs is 1. The van der Waals surface area contributed by atoms with Gasteiger partial charge in [-0.1, -0.05) is 0 Å². The highest BCUT2D eigenvalue weighted by atomic mass is 16.7. The average Bonchev–Trinajstić information content (AvgIpc) is 3.00. The lowest BCUT2D eigenvalue weighted by Crippen LogP contribution is -2.60. The van der Waals surface area contributed by atoms with Gasteiger partial charge in [0.15, 0.2) is 17.3 Å². The molecule has 0 radical (unpaired) electrons. The molecule has 2 aromatic carbocycles. The van der Waals surface area contributed by atoms with E-state index in [1.54, 1.807) is 0 Å². The van der Waals surface area contributed by atoms with Crippen molar-refractivity contribution in [2.24, 2.45) is 0 Å². The second-order valence-corrected chi connectivity index (χ2v) is 10.7. The van der Waals surface area contributed by atoms with Crippen molar-refractivity contribution in [1.29, 1.82) is 0 Å². The minimum atomic E-state index is -1.77. The molecule has 0 aromatic heterocycles. The van der Waals surface area contributed by atoms with E-state index < -0.39 is 85.6 Å². The van der Waals surface area contributed by atoms with Crippen molar-refractivity contribution < 1.29 is 79.5 Å². The quantitative estimate of drug-likeness (QED) is 0.120. The average molecular weight is 628 g/mol. The lowest BCUT2D eigenvalue weighted by Gasteiger charge is -2.40. The van der Waals surface area contributed by atoms with Gasteiger partial charge in [-0.25, -0.2) is 0 Å². The molecule has 0 bridgehead atoms. The highest BCUT2D eigenvalue weighted by Crippen LogP contribution is 2.48. The zero-order valence-electron chi connectivity index (χ0n) is 23.4. The van der Waals surface area contributed by atoms with Crippen LogP contribution in [-0.2, 0) is 14.2 Å². The first kappa shape index (κ1) is 31.8. The number of aliphatic hydroxyl groups excluding tert-OH is 7. The maximum atomic E-state index is 10.6. The second-order valence-electron chi connectivity index (χ2n) is 10.7. The molecule has 0 amide bonds. The first-order valence-corrected chi connectivity index (χ1v) is 13.6. The molecule has 0 saturated carbocycles. The topological polar surface area (TPSA) is 261 Å². The molecule has 3 aliphatic rings. The van der Waals surface area contributed by atoms with Crippen molar-refractivity contribution in [1.82, 2.24) is 0 Å². The number of aromatic hydroxyl groups is 4. The molecule has 16 heteroatoms. The number of phenols is 3. The van der Waals surface area contributed by atoms with Gasteiger partial charge in [-0.15, -0.1) is 0 Å². The van der Waals surface area contributed by atoms with Crippen LogP contribution in [0.5, 0.6) is 34.5 Å². The molecular weight excluding hydrogens is 592 g/mol. The van der Waals surface area contributed by atoms with E-state index in [1.807, 2.05) is 0 Å². The van der Waals surface area contributed by atoms with Crippen LogP contribution >= 0.6 is 0 Å². The fourth-order valence-corrected chi connectivity index (χ4v) is 5.17. The van der Waals surface area contributed by atoms with Gasteiger partial charge < -0.3 is 79.5 Å². The molecule has 2 saturated heterocycles. The minimum absolute atomic E-state index is 0.0613. The van der Waals surface area contributed by atoms with E-state index in [2.05, 4.69) is 4.74 Å². The lowest BCUT2D eigenvalue weighted by molar-refractivity contribution is -0.287. The molecule has 16 nitrogen and oxygen atoms in total. The van der Waals surface area contributed by atoms with Crippen molar-refractivity contribution in [2.75, 3.05) is 13.7 Å². The van der Waals surface area contributed by atoms with Crippen LogP contribution in [0.1, 0.15) is 24.2 Å². The van der Waals surface area contributed by atoms with Crippen LogP contribution in [0, 0.1) is 0 Å². The summed E-state index contributed by atoms with van der Waals surface area (Å²) in [5.74, 6) is -1.65. The zero-order valence-corrected chi connectivity index (χ0v) is 23.4. The maximum absolute atomic E-state index is 10.6. The number of rotatable bonds is 7. The van der Waals surface area contributed by atoms with Crippen molar-refractivity contribution >= 4 is 6.08 Å². The molecule has 2 fully saturated rings. The minimum Gasteiger partial charge on any atom is -0.571 e. The molecule has 0 aliphatic carbocycles. The highest BCUT2D eigenvalue weighted by molar-refractivity contribution is 5.70. The fraction of sp³-hybridized carbons (Fsp3) is 0.500. The van der Waals surface area contributed by atoms with E-state index in [-0.39, 0.29) is 39.9 Å². The number of hydrogen-bond donors (Lipinski definition) is 10. The Morgan fingerprint density at radius 1 is 0.773 bits per heavy atom. The monoisotopic (exact) mass is 627 g/mol. The van der Waals surface area contributed by atoms with Crippen molar-refractivity contribution in [3.05, 3.63) is 41.2 Å². The second kappa shape index (κ2) is 12.4. The van der Waals surface area contributed by atoms with Crippen LogP contribution < -0.4 is 9.47 Å². The van der Waals surface area contributed by atoms with Gasteiger partial charge >= 0.3 is 0 Å². The standard InChI is InChI=1S/C28H34O16/c1-9-19(32)22(35)24(37)27(40-9)43-17-7-12-14(41-26(17)10-3-13(31)20(33)16(4-10)39-2)5-11(30)6-15(12)42-28-25(38)23(36)21(34)18(8-29)44-28/h3-7,9,18-19,21-38H,8H2,1-2H3/p+1. The largest absolute Gasteiger partial charge is 0.571 e. The number of hydrogen-bond acceptors (Lipinski definition) is 15. The molecule has 5 rings (SSSR count). The Balaban J connectivity index is 1.57. The molecule has 44 heavy (non-hydrogen) atoms. The summed E-state index contributed by atoms with van der Waals surface area (Å²) >= 11 is 0. The third kappa shape index (κ3) is 5.79. The van der Waals surface area contributed by atoms with Gasteiger partial charge in [-0.05, 0) is 19.1 Å². The summed E-state index contributed by atoms with van der Waals surface area (Å²) in [6, 6.07) is 4.95. The van der Waals surface area contributed by atoms with Gasteiger partial charge in [0.05, 0.1) is 31.5 Å². The third-order valence-corrected chi connectivity index (χ3v) is 7.69. The number of ether oxygens (including phenoxy) is 6.